The van der Waals surface area contributed by atoms with E-state index in [1.165, 1.54) is 32.3 Å². The van der Waals surface area contributed by atoms with Gasteiger partial charge >= 0.3 is 0 Å². The Labute approximate surface area is 151 Å². The van der Waals surface area contributed by atoms with Gasteiger partial charge in [0.25, 0.3) is 0 Å². The van der Waals surface area contributed by atoms with Gasteiger partial charge in [0.05, 0.1) is 14.2 Å². The van der Waals surface area contributed by atoms with Crippen LogP contribution in [-0.4, -0.2) is 14.2 Å². The molecule has 2 nitrogen and oxygen atoms in total. The highest BCUT2D eigenvalue weighted by Crippen LogP contribution is 2.38. The van der Waals surface area contributed by atoms with Crippen LogP contribution in [0.5, 0.6) is 11.5 Å². The van der Waals surface area contributed by atoms with Crippen molar-refractivity contribution in [2.45, 2.75) is 0 Å². The van der Waals surface area contributed by atoms with Crippen LogP contribution in [0, 0.1) is 0 Å². The van der Waals surface area contributed by atoms with Gasteiger partial charge in [0.2, 0.25) is 0 Å². The lowest BCUT2D eigenvalue weighted by Gasteiger charge is -2.12. The van der Waals surface area contributed by atoms with Crippen molar-refractivity contribution < 1.29 is 9.47 Å². The summed E-state index contributed by atoms with van der Waals surface area (Å²) >= 11 is 0. The highest BCUT2D eigenvalue weighted by atomic mass is 16.5. The van der Waals surface area contributed by atoms with Crippen LogP contribution in [0.2, 0.25) is 0 Å². The smallest absolute Gasteiger partial charge is 0.126 e. The van der Waals surface area contributed by atoms with Crippen LogP contribution in [-0.2, 0) is 0 Å². The summed E-state index contributed by atoms with van der Waals surface area (Å²) in [6.07, 6.45) is 0. The minimum Gasteiger partial charge on any atom is -0.496 e. The maximum atomic E-state index is 5.53. The molecule has 0 radical (unpaired) electrons. The van der Waals surface area contributed by atoms with E-state index in [0.29, 0.717) is 0 Å². The Morgan fingerprint density at radius 3 is 1.04 bits per heavy atom. The molecule has 2 heteroatoms. The minimum atomic E-state index is 0.910. The van der Waals surface area contributed by atoms with E-state index in [2.05, 4.69) is 60.7 Å². The summed E-state index contributed by atoms with van der Waals surface area (Å²) in [5.74, 6) is 1.82. The van der Waals surface area contributed by atoms with E-state index < -0.39 is 0 Å². The van der Waals surface area contributed by atoms with E-state index in [9.17, 15) is 0 Å². The molecule has 5 rings (SSSR count). The fourth-order valence-corrected chi connectivity index (χ4v) is 4.06. The van der Waals surface area contributed by atoms with Crippen molar-refractivity contribution in [3.63, 3.8) is 0 Å². The van der Waals surface area contributed by atoms with Crippen LogP contribution in [0.4, 0.5) is 0 Å². The second-order valence-corrected chi connectivity index (χ2v) is 6.50. The monoisotopic (exact) mass is 338 g/mol. The fourth-order valence-electron chi connectivity index (χ4n) is 4.06. The van der Waals surface area contributed by atoms with Gasteiger partial charge in [0.15, 0.2) is 0 Å². The third-order valence-corrected chi connectivity index (χ3v) is 5.27. The Balaban J connectivity index is 1.94. The van der Waals surface area contributed by atoms with Crippen LogP contribution in [0.3, 0.4) is 0 Å². The predicted molar refractivity (Wildman–Crippen MR) is 110 cm³/mol. The Kier molecular flexibility index (Phi) is 3.26. The molecule has 0 aliphatic heterocycles. The summed E-state index contributed by atoms with van der Waals surface area (Å²) in [6, 6.07) is 25.6. The van der Waals surface area contributed by atoms with Crippen LogP contribution in [0.1, 0.15) is 0 Å². The zero-order valence-electron chi connectivity index (χ0n) is 14.7. The molecule has 126 valence electrons. The van der Waals surface area contributed by atoms with Crippen molar-refractivity contribution in [2.75, 3.05) is 14.2 Å². The van der Waals surface area contributed by atoms with Gasteiger partial charge in [0, 0.05) is 10.8 Å². The molecular weight excluding hydrogens is 320 g/mol. The Morgan fingerprint density at radius 2 is 0.692 bits per heavy atom. The number of methoxy groups -OCH3 is 2. The maximum Gasteiger partial charge on any atom is 0.126 e. The van der Waals surface area contributed by atoms with E-state index in [1.807, 2.05) is 12.1 Å². The molecule has 0 bridgehead atoms. The number of benzene rings is 5. The van der Waals surface area contributed by atoms with E-state index in [4.69, 9.17) is 9.47 Å². The molecular formula is C24H18O2. The molecule has 5 aromatic rings. The highest BCUT2D eigenvalue weighted by molar-refractivity contribution is 6.23. The van der Waals surface area contributed by atoms with Gasteiger partial charge in [-0.05, 0) is 56.6 Å². The Hall–Kier alpha value is -3.26. The van der Waals surface area contributed by atoms with Crippen molar-refractivity contribution in [2.24, 2.45) is 0 Å². The van der Waals surface area contributed by atoms with Crippen molar-refractivity contribution >= 4 is 43.1 Å². The van der Waals surface area contributed by atoms with Crippen LogP contribution >= 0.6 is 0 Å². The summed E-state index contributed by atoms with van der Waals surface area (Å²) in [6.45, 7) is 0. The first-order valence-corrected chi connectivity index (χ1v) is 8.69. The topological polar surface area (TPSA) is 18.5 Å². The Bertz CT molecular complexity index is 1200. The lowest BCUT2D eigenvalue weighted by molar-refractivity contribution is 0.420. The normalized spacial score (nSPS) is 11.5. The molecule has 0 N–H and O–H groups in total. The number of hydrogen-bond acceptors (Lipinski definition) is 2. The maximum absolute atomic E-state index is 5.53. The first kappa shape index (κ1) is 15.0. The second-order valence-electron chi connectivity index (χ2n) is 6.50. The lowest BCUT2D eigenvalue weighted by atomic mass is 9.94. The van der Waals surface area contributed by atoms with Crippen LogP contribution < -0.4 is 9.47 Å². The quantitative estimate of drug-likeness (QED) is 0.351. The largest absolute Gasteiger partial charge is 0.496 e. The Morgan fingerprint density at radius 1 is 0.385 bits per heavy atom. The van der Waals surface area contributed by atoms with Gasteiger partial charge in [-0.3, -0.25) is 0 Å². The minimum absolute atomic E-state index is 0.910. The standard InChI is InChI=1S/C24H18O2/c1-25-23-7-3-5-15-17-9-10-18-16-6-4-8-24(26-2)22(16)14-12-20(18)19(17)11-13-21(15)23/h3-14H,1-2H3. The van der Waals surface area contributed by atoms with E-state index in [1.54, 1.807) is 14.2 Å². The highest BCUT2D eigenvalue weighted by Gasteiger charge is 2.10. The number of ether oxygens (including phenoxy) is 2. The summed E-state index contributed by atoms with van der Waals surface area (Å²) in [4.78, 5) is 0. The second kappa shape index (κ2) is 5.63. The van der Waals surface area contributed by atoms with Crippen molar-refractivity contribution in [1.29, 1.82) is 0 Å². The van der Waals surface area contributed by atoms with Gasteiger partial charge < -0.3 is 9.47 Å². The SMILES string of the molecule is COc1cccc2c1ccc1c2ccc2c3cccc(OC)c3ccc21. The van der Waals surface area contributed by atoms with Crippen molar-refractivity contribution in [1.82, 2.24) is 0 Å². The fraction of sp³-hybridized carbons (Fsp3) is 0.0833. The third-order valence-electron chi connectivity index (χ3n) is 5.27. The molecule has 0 saturated carbocycles. The van der Waals surface area contributed by atoms with Gasteiger partial charge in [-0.2, -0.15) is 0 Å². The zero-order chi connectivity index (χ0) is 17.7. The molecule has 0 fully saturated rings. The van der Waals surface area contributed by atoms with Crippen molar-refractivity contribution in [3.05, 3.63) is 72.8 Å². The molecule has 0 heterocycles. The predicted octanol–water partition coefficient (Wildman–Crippen LogP) is 6.32. The third kappa shape index (κ3) is 1.99. The molecule has 0 aliphatic rings. The molecule has 0 atom stereocenters. The average molecular weight is 338 g/mol. The van der Waals surface area contributed by atoms with E-state index >= 15 is 0 Å². The number of hydrogen-bond donors (Lipinski definition) is 0. The summed E-state index contributed by atoms with van der Waals surface area (Å²) < 4.78 is 11.1. The summed E-state index contributed by atoms with van der Waals surface area (Å²) in [7, 11) is 3.44. The molecule has 0 aliphatic carbocycles. The molecule has 0 unspecified atom stereocenters. The van der Waals surface area contributed by atoms with Crippen molar-refractivity contribution in [3.8, 4) is 11.5 Å². The zero-order valence-corrected chi connectivity index (χ0v) is 14.7. The molecule has 5 aromatic carbocycles. The van der Waals surface area contributed by atoms with Gasteiger partial charge in [-0.25, -0.2) is 0 Å². The molecule has 0 saturated heterocycles. The van der Waals surface area contributed by atoms with Crippen LogP contribution in [0.25, 0.3) is 43.1 Å². The van der Waals surface area contributed by atoms with Gasteiger partial charge in [0.1, 0.15) is 11.5 Å². The van der Waals surface area contributed by atoms with Crippen LogP contribution in [0.15, 0.2) is 72.8 Å². The average Bonchev–Trinajstić information content (AvgIpc) is 2.71. The number of rotatable bonds is 2. The van der Waals surface area contributed by atoms with E-state index in [0.717, 1.165) is 22.3 Å². The van der Waals surface area contributed by atoms with Gasteiger partial charge in [-0.1, -0.05) is 48.5 Å². The number of fused-ring (bicyclic) bond motifs is 7. The molecule has 26 heavy (non-hydrogen) atoms. The molecule has 0 amide bonds. The van der Waals surface area contributed by atoms with E-state index in [-0.39, 0.29) is 0 Å². The molecule has 0 aromatic heterocycles. The first-order valence-electron chi connectivity index (χ1n) is 8.69. The summed E-state index contributed by atoms with van der Waals surface area (Å²) in [5, 5.41) is 9.73. The molecule has 0 spiro atoms. The summed E-state index contributed by atoms with van der Waals surface area (Å²) in [5.41, 5.74) is 0. The lowest BCUT2D eigenvalue weighted by Crippen LogP contribution is -1.88. The first-order chi connectivity index (χ1) is 12.8. The van der Waals surface area contributed by atoms with Gasteiger partial charge in [-0.15, -0.1) is 0 Å².